The van der Waals surface area contributed by atoms with Crippen LogP contribution in [0.2, 0.25) is 0 Å². The summed E-state index contributed by atoms with van der Waals surface area (Å²) in [6.45, 7) is 19.8. The maximum absolute atomic E-state index is 13.1. The second kappa shape index (κ2) is 17.9. The van der Waals surface area contributed by atoms with E-state index in [1.165, 1.54) is 23.5 Å². The van der Waals surface area contributed by atoms with Crippen LogP contribution in [0.25, 0.3) is 0 Å². The molecule has 49 heavy (non-hydrogen) atoms. The van der Waals surface area contributed by atoms with Crippen LogP contribution < -0.4 is 20.4 Å². The molecule has 6 amide bonds. The number of allylic oxidation sites excluding steroid dienone is 7. The molecule has 0 spiro atoms. The molecule has 0 aliphatic carbocycles. The smallest absolute Gasteiger partial charge is 0.341 e. The summed E-state index contributed by atoms with van der Waals surface area (Å²) in [6.07, 6.45) is 12.7. The fourth-order valence-corrected chi connectivity index (χ4v) is 6.09. The number of carbonyl (C=O) groups excluding carboxylic acids is 4. The van der Waals surface area contributed by atoms with Gasteiger partial charge >= 0.3 is 12.1 Å². The van der Waals surface area contributed by atoms with Gasteiger partial charge in [-0.1, -0.05) is 125 Å². The number of imide groups is 2. The minimum Gasteiger partial charge on any atom is -0.341 e. The predicted molar refractivity (Wildman–Crippen MR) is 208 cm³/mol. The summed E-state index contributed by atoms with van der Waals surface area (Å²) < 4.78 is -0.147. The van der Waals surface area contributed by atoms with E-state index in [1.807, 2.05) is 116 Å². The molecular weight excluding hydrogens is 653 g/mol. The van der Waals surface area contributed by atoms with E-state index >= 15 is 0 Å². The predicted octanol–water partition coefficient (Wildman–Crippen LogP) is 10.3. The molecule has 8 nitrogen and oxygen atoms in total. The van der Waals surface area contributed by atoms with Crippen molar-refractivity contribution in [3.05, 3.63) is 120 Å². The van der Waals surface area contributed by atoms with Gasteiger partial charge in [-0.15, -0.1) is 0 Å². The van der Waals surface area contributed by atoms with Crippen LogP contribution in [0.5, 0.6) is 0 Å². The van der Waals surface area contributed by atoms with Gasteiger partial charge in [0, 0.05) is 21.7 Å². The standard InChI is InChI=1S/C39H48N4O4S2/c1-10-29(14-13-28(6)40-36(45)49-39(7,8)9)25-31-17-22-34(23-18-31)43-37(46)42(38(43)47)33-20-15-30(16-21-33)24-27(5)12-19-32(11-2)41-35(44)48-26(3)4/h10-23,26,28H,5,24-25H2,1-4,6-9H3,(H,40,45)(H,41,44)/b14-13-,19-12-,29-10+,32-11+. The summed E-state index contributed by atoms with van der Waals surface area (Å²) in [5, 5.41) is 5.89. The van der Waals surface area contributed by atoms with Crippen molar-refractivity contribution >= 4 is 57.4 Å². The molecule has 0 bridgehead atoms. The zero-order valence-electron chi connectivity index (χ0n) is 29.7. The Morgan fingerprint density at radius 3 is 1.80 bits per heavy atom. The Bertz CT molecular complexity index is 1630. The number of hydrogen-bond donors (Lipinski definition) is 2. The molecule has 1 aliphatic rings. The number of benzene rings is 2. The van der Waals surface area contributed by atoms with Gasteiger partial charge in [-0.3, -0.25) is 9.59 Å². The lowest BCUT2D eigenvalue weighted by atomic mass is 10.0. The molecule has 3 rings (SSSR count). The van der Waals surface area contributed by atoms with E-state index in [9.17, 15) is 19.2 Å². The molecule has 260 valence electrons. The molecular formula is C39H48N4O4S2. The normalized spacial score (nSPS) is 14.9. The molecule has 1 saturated heterocycles. The first-order chi connectivity index (χ1) is 23.1. The second-order valence-corrected chi connectivity index (χ2v) is 16.2. The number of amides is 6. The monoisotopic (exact) mass is 700 g/mol. The third-order valence-electron chi connectivity index (χ3n) is 7.11. The average Bonchev–Trinajstić information content (AvgIpc) is 3.01. The highest BCUT2D eigenvalue weighted by molar-refractivity contribution is 8.14. The summed E-state index contributed by atoms with van der Waals surface area (Å²) in [6, 6.07) is 13.7. The molecule has 0 saturated carbocycles. The number of urea groups is 2. The lowest BCUT2D eigenvalue weighted by molar-refractivity contribution is 0.226. The average molecular weight is 701 g/mol. The second-order valence-electron chi connectivity index (χ2n) is 12.9. The number of carbonyl (C=O) groups is 4. The summed E-state index contributed by atoms with van der Waals surface area (Å²) in [5.74, 6) is 0. The van der Waals surface area contributed by atoms with Crippen molar-refractivity contribution in [3.8, 4) is 0 Å². The largest absolute Gasteiger partial charge is 0.345 e. The van der Waals surface area contributed by atoms with Crippen molar-refractivity contribution in [1.82, 2.24) is 10.6 Å². The molecule has 1 fully saturated rings. The van der Waals surface area contributed by atoms with Crippen LogP contribution in [0, 0.1) is 0 Å². The summed E-state index contributed by atoms with van der Waals surface area (Å²) >= 11 is 2.51. The first kappa shape index (κ1) is 39.2. The van der Waals surface area contributed by atoms with E-state index in [0.29, 0.717) is 29.9 Å². The maximum Gasteiger partial charge on any atom is 0.345 e. The van der Waals surface area contributed by atoms with Gasteiger partial charge in [-0.05, 0) is 80.7 Å². The SMILES string of the molecule is C=C(/C=C\C(=C/C)NC(=O)SC(C)C)Cc1ccc(N2C(=O)N(c3ccc(CC(/C=C\C(C)NC(=O)SC(C)(C)C)=C/C)cc3)C2=O)cc1. The Balaban J connectivity index is 1.54. The third kappa shape index (κ3) is 12.3. The van der Waals surface area contributed by atoms with Gasteiger partial charge in [0.05, 0.1) is 11.4 Å². The lowest BCUT2D eigenvalue weighted by Crippen LogP contribution is -2.64. The van der Waals surface area contributed by atoms with Crippen LogP contribution in [0.4, 0.5) is 30.6 Å². The quantitative estimate of drug-likeness (QED) is 0.202. The van der Waals surface area contributed by atoms with Crippen LogP contribution >= 0.6 is 23.5 Å². The molecule has 0 aromatic heterocycles. The zero-order chi connectivity index (χ0) is 36.3. The number of anilines is 2. The third-order valence-corrected chi connectivity index (χ3v) is 8.81. The van der Waals surface area contributed by atoms with Crippen LogP contribution in [-0.4, -0.2) is 38.6 Å². The van der Waals surface area contributed by atoms with E-state index in [-0.39, 0.29) is 26.5 Å². The molecule has 1 unspecified atom stereocenters. The van der Waals surface area contributed by atoms with Gasteiger partial charge in [-0.2, -0.15) is 0 Å². The molecule has 2 aromatic carbocycles. The van der Waals surface area contributed by atoms with Crippen molar-refractivity contribution in [1.29, 1.82) is 0 Å². The molecule has 0 radical (unpaired) electrons. The van der Waals surface area contributed by atoms with Crippen LogP contribution in [0.1, 0.15) is 66.5 Å². The molecule has 2 N–H and O–H groups in total. The Morgan fingerprint density at radius 1 is 0.796 bits per heavy atom. The summed E-state index contributed by atoms with van der Waals surface area (Å²) in [5.41, 5.74) is 5.64. The Labute approximate surface area is 299 Å². The minimum absolute atomic E-state index is 0.0528. The van der Waals surface area contributed by atoms with Crippen molar-refractivity contribution in [2.75, 3.05) is 9.80 Å². The van der Waals surface area contributed by atoms with E-state index in [2.05, 4.69) is 17.2 Å². The van der Waals surface area contributed by atoms with E-state index in [4.69, 9.17) is 0 Å². The summed E-state index contributed by atoms with van der Waals surface area (Å²) in [4.78, 5) is 52.7. The molecule has 1 atom stereocenters. The minimum atomic E-state index is -0.410. The topological polar surface area (TPSA) is 98.8 Å². The highest BCUT2D eigenvalue weighted by atomic mass is 32.2. The first-order valence-electron chi connectivity index (χ1n) is 16.3. The van der Waals surface area contributed by atoms with Gasteiger partial charge in [-0.25, -0.2) is 19.4 Å². The molecule has 1 heterocycles. The van der Waals surface area contributed by atoms with Crippen LogP contribution in [-0.2, 0) is 12.8 Å². The fraction of sp³-hybridized carbons (Fsp3) is 0.333. The maximum atomic E-state index is 13.1. The van der Waals surface area contributed by atoms with E-state index in [1.54, 1.807) is 24.3 Å². The highest BCUT2D eigenvalue weighted by Gasteiger charge is 2.45. The molecule has 10 heteroatoms. The summed E-state index contributed by atoms with van der Waals surface area (Å²) in [7, 11) is 0. The highest BCUT2D eigenvalue weighted by Crippen LogP contribution is 2.31. The number of nitrogens with one attached hydrogen (secondary N) is 2. The Hall–Kier alpha value is -4.28. The number of rotatable bonds is 13. The van der Waals surface area contributed by atoms with Crippen molar-refractivity contribution in [2.24, 2.45) is 0 Å². The van der Waals surface area contributed by atoms with Crippen molar-refractivity contribution in [3.63, 3.8) is 0 Å². The Morgan fingerprint density at radius 2 is 1.33 bits per heavy atom. The van der Waals surface area contributed by atoms with Gasteiger partial charge in [0.15, 0.2) is 0 Å². The van der Waals surface area contributed by atoms with E-state index in [0.717, 1.165) is 32.1 Å². The zero-order valence-corrected chi connectivity index (χ0v) is 31.3. The number of hydrogen-bond acceptors (Lipinski definition) is 6. The lowest BCUT2D eigenvalue weighted by Gasteiger charge is -2.38. The van der Waals surface area contributed by atoms with Crippen LogP contribution in [0.3, 0.4) is 0 Å². The Kier molecular flexibility index (Phi) is 14.3. The van der Waals surface area contributed by atoms with Gasteiger partial charge in [0.1, 0.15) is 0 Å². The number of thioether (sulfide) groups is 2. The van der Waals surface area contributed by atoms with Gasteiger partial charge < -0.3 is 10.6 Å². The van der Waals surface area contributed by atoms with Crippen LogP contribution in [0.15, 0.2) is 108 Å². The number of nitrogens with zero attached hydrogens (tertiary/aromatic N) is 2. The molecule has 1 aliphatic heterocycles. The first-order valence-corrected chi connectivity index (χ1v) is 18.0. The van der Waals surface area contributed by atoms with Crippen molar-refractivity contribution in [2.45, 2.75) is 84.3 Å². The van der Waals surface area contributed by atoms with Crippen molar-refractivity contribution < 1.29 is 19.2 Å². The van der Waals surface area contributed by atoms with E-state index < -0.39 is 12.1 Å². The fourth-order valence-electron chi connectivity index (χ4n) is 4.69. The van der Waals surface area contributed by atoms with Gasteiger partial charge in [0.2, 0.25) is 0 Å². The van der Waals surface area contributed by atoms with Gasteiger partial charge in [0.25, 0.3) is 10.5 Å². The molecule has 2 aromatic rings.